The molecule has 0 fully saturated rings. The van der Waals surface area contributed by atoms with Crippen LogP contribution in [-0.2, 0) is 6.54 Å². The summed E-state index contributed by atoms with van der Waals surface area (Å²) in [5.41, 5.74) is 6.84. The second-order valence-electron chi connectivity index (χ2n) is 3.68. The number of hydrogen-bond donors (Lipinski definition) is 2. The van der Waals surface area contributed by atoms with Crippen molar-refractivity contribution in [3.8, 4) is 0 Å². The number of halogens is 1. The van der Waals surface area contributed by atoms with E-state index in [0.717, 1.165) is 5.56 Å². The van der Waals surface area contributed by atoms with Gasteiger partial charge in [0.05, 0.1) is 0 Å². The van der Waals surface area contributed by atoms with Gasteiger partial charge in [0.15, 0.2) is 0 Å². The van der Waals surface area contributed by atoms with Crippen molar-refractivity contribution in [2.24, 2.45) is 5.73 Å². The van der Waals surface area contributed by atoms with Crippen LogP contribution in [0, 0.1) is 0 Å². The molecule has 3 N–H and O–H groups in total. The Bertz CT molecular complexity index is 572. The Hall–Kier alpha value is -1.91. The minimum absolute atomic E-state index is 0.258. The van der Waals surface area contributed by atoms with E-state index in [-0.39, 0.29) is 5.91 Å². The fourth-order valence-electron chi connectivity index (χ4n) is 1.53. The van der Waals surface area contributed by atoms with Gasteiger partial charge in [0.25, 0.3) is 5.91 Å². The molecule has 1 heterocycles. The van der Waals surface area contributed by atoms with Gasteiger partial charge in [-0.25, -0.2) is 4.98 Å². The third-order valence-corrected chi connectivity index (χ3v) is 2.67. The molecule has 4 nitrogen and oxygen atoms in total. The topological polar surface area (TPSA) is 68.0 Å². The Labute approximate surface area is 110 Å². The largest absolute Gasteiger partial charge is 0.326 e. The number of hydrogen-bond acceptors (Lipinski definition) is 3. The minimum atomic E-state index is -0.258. The maximum absolute atomic E-state index is 12.0. The number of nitrogens with two attached hydrogens (primary N) is 1. The predicted octanol–water partition coefficient (Wildman–Crippen LogP) is 2.45. The highest BCUT2D eigenvalue weighted by Gasteiger charge is 2.09. The number of carbonyl (C=O) groups excluding carboxylic acids is 1. The molecular formula is C13H12ClN3O. The van der Waals surface area contributed by atoms with Crippen molar-refractivity contribution in [3.63, 3.8) is 0 Å². The first-order chi connectivity index (χ1) is 8.70. The average molecular weight is 262 g/mol. The maximum atomic E-state index is 12.0. The second-order valence-corrected chi connectivity index (χ2v) is 4.12. The van der Waals surface area contributed by atoms with Crippen molar-refractivity contribution in [1.29, 1.82) is 0 Å². The van der Waals surface area contributed by atoms with Gasteiger partial charge in [0, 0.05) is 28.9 Å². The monoisotopic (exact) mass is 261 g/mol. The SMILES string of the molecule is NCc1cccnc1NC(=O)c1cccc(Cl)c1. The van der Waals surface area contributed by atoms with Gasteiger partial charge in [-0.15, -0.1) is 0 Å². The summed E-state index contributed by atoms with van der Waals surface area (Å²) in [6.45, 7) is 0.318. The summed E-state index contributed by atoms with van der Waals surface area (Å²) in [7, 11) is 0. The lowest BCUT2D eigenvalue weighted by atomic mass is 10.2. The van der Waals surface area contributed by atoms with Crippen LogP contribution in [0.2, 0.25) is 5.02 Å². The molecule has 1 aromatic carbocycles. The van der Waals surface area contributed by atoms with E-state index in [9.17, 15) is 4.79 Å². The van der Waals surface area contributed by atoms with Gasteiger partial charge in [-0.1, -0.05) is 23.7 Å². The first kappa shape index (κ1) is 12.5. The average Bonchev–Trinajstić information content (AvgIpc) is 2.39. The normalized spacial score (nSPS) is 10.1. The number of nitrogens with one attached hydrogen (secondary N) is 1. The lowest BCUT2D eigenvalue weighted by molar-refractivity contribution is 0.102. The summed E-state index contributed by atoms with van der Waals surface area (Å²) in [5.74, 6) is 0.218. The Morgan fingerprint density at radius 3 is 2.89 bits per heavy atom. The summed E-state index contributed by atoms with van der Waals surface area (Å²) in [6, 6.07) is 10.3. The van der Waals surface area contributed by atoms with E-state index in [4.69, 9.17) is 17.3 Å². The molecule has 5 heteroatoms. The Morgan fingerprint density at radius 1 is 1.33 bits per heavy atom. The van der Waals surface area contributed by atoms with Crippen molar-refractivity contribution in [1.82, 2.24) is 4.98 Å². The molecule has 0 atom stereocenters. The Morgan fingerprint density at radius 2 is 2.17 bits per heavy atom. The molecule has 1 amide bonds. The number of pyridine rings is 1. The number of nitrogens with zero attached hydrogens (tertiary/aromatic N) is 1. The number of rotatable bonds is 3. The number of benzene rings is 1. The Balaban J connectivity index is 2.21. The second kappa shape index (κ2) is 5.62. The van der Waals surface area contributed by atoms with E-state index >= 15 is 0 Å². The lowest BCUT2D eigenvalue weighted by Crippen LogP contribution is -2.15. The van der Waals surface area contributed by atoms with Crippen LogP contribution in [0.5, 0.6) is 0 Å². The first-order valence-corrected chi connectivity index (χ1v) is 5.79. The van der Waals surface area contributed by atoms with Crippen molar-refractivity contribution in [2.75, 3.05) is 5.32 Å². The molecule has 0 unspecified atom stereocenters. The molecule has 0 radical (unpaired) electrons. The summed E-state index contributed by atoms with van der Waals surface area (Å²) >= 11 is 5.83. The summed E-state index contributed by atoms with van der Waals surface area (Å²) in [5, 5.41) is 3.23. The number of amides is 1. The smallest absolute Gasteiger partial charge is 0.256 e. The van der Waals surface area contributed by atoms with Crippen LogP contribution in [0.4, 0.5) is 5.82 Å². The molecule has 0 aliphatic carbocycles. The minimum Gasteiger partial charge on any atom is -0.326 e. The number of carbonyl (C=O) groups is 1. The molecule has 0 bridgehead atoms. The molecule has 2 rings (SSSR count). The van der Waals surface area contributed by atoms with E-state index in [0.29, 0.717) is 22.9 Å². The summed E-state index contributed by atoms with van der Waals surface area (Å²) in [4.78, 5) is 16.1. The van der Waals surface area contributed by atoms with Gasteiger partial charge >= 0.3 is 0 Å². The van der Waals surface area contributed by atoms with Crippen molar-refractivity contribution in [3.05, 3.63) is 58.7 Å². The zero-order valence-corrected chi connectivity index (χ0v) is 10.3. The predicted molar refractivity (Wildman–Crippen MR) is 71.5 cm³/mol. The van der Waals surface area contributed by atoms with Crippen LogP contribution in [0.3, 0.4) is 0 Å². The van der Waals surface area contributed by atoms with Gasteiger partial charge in [0.2, 0.25) is 0 Å². The quantitative estimate of drug-likeness (QED) is 0.892. The molecule has 0 saturated carbocycles. The zero-order chi connectivity index (χ0) is 13.0. The third-order valence-electron chi connectivity index (χ3n) is 2.43. The molecule has 0 saturated heterocycles. The molecular weight excluding hydrogens is 250 g/mol. The van der Waals surface area contributed by atoms with Gasteiger partial charge in [0.1, 0.15) is 5.82 Å². The van der Waals surface area contributed by atoms with E-state index in [1.165, 1.54) is 0 Å². The van der Waals surface area contributed by atoms with E-state index in [1.807, 2.05) is 6.07 Å². The van der Waals surface area contributed by atoms with Gasteiger partial charge in [-0.05, 0) is 24.3 Å². The van der Waals surface area contributed by atoms with E-state index < -0.39 is 0 Å². The fourth-order valence-corrected chi connectivity index (χ4v) is 1.72. The van der Waals surface area contributed by atoms with Gasteiger partial charge in [-0.3, -0.25) is 4.79 Å². The van der Waals surface area contributed by atoms with Crippen LogP contribution >= 0.6 is 11.6 Å². The highest BCUT2D eigenvalue weighted by Crippen LogP contribution is 2.14. The third kappa shape index (κ3) is 2.85. The van der Waals surface area contributed by atoms with E-state index in [2.05, 4.69) is 10.3 Å². The highest BCUT2D eigenvalue weighted by atomic mass is 35.5. The van der Waals surface area contributed by atoms with Gasteiger partial charge < -0.3 is 11.1 Å². The van der Waals surface area contributed by atoms with Crippen LogP contribution in [-0.4, -0.2) is 10.9 Å². The van der Waals surface area contributed by atoms with Crippen LogP contribution in [0.15, 0.2) is 42.6 Å². The van der Waals surface area contributed by atoms with Crippen molar-refractivity contribution in [2.45, 2.75) is 6.54 Å². The van der Waals surface area contributed by atoms with Gasteiger partial charge in [-0.2, -0.15) is 0 Å². The standard InChI is InChI=1S/C13H12ClN3O/c14-11-5-1-3-9(7-11)13(18)17-12-10(8-15)4-2-6-16-12/h1-7H,8,15H2,(H,16,17,18). The van der Waals surface area contributed by atoms with Crippen LogP contribution in [0.1, 0.15) is 15.9 Å². The molecule has 18 heavy (non-hydrogen) atoms. The van der Waals surface area contributed by atoms with Crippen molar-refractivity contribution < 1.29 is 4.79 Å². The summed E-state index contributed by atoms with van der Waals surface area (Å²) < 4.78 is 0. The number of anilines is 1. The first-order valence-electron chi connectivity index (χ1n) is 5.41. The molecule has 1 aromatic heterocycles. The molecule has 0 aliphatic rings. The molecule has 0 aliphatic heterocycles. The zero-order valence-electron chi connectivity index (χ0n) is 9.56. The maximum Gasteiger partial charge on any atom is 0.256 e. The van der Waals surface area contributed by atoms with Crippen molar-refractivity contribution >= 4 is 23.3 Å². The van der Waals surface area contributed by atoms with Crippen LogP contribution < -0.4 is 11.1 Å². The molecule has 0 spiro atoms. The highest BCUT2D eigenvalue weighted by molar-refractivity contribution is 6.31. The van der Waals surface area contributed by atoms with E-state index in [1.54, 1.807) is 36.5 Å². The molecule has 2 aromatic rings. The number of aromatic nitrogens is 1. The summed E-state index contributed by atoms with van der Waals surface area (Å²) in [6.07, 6.45) is 1.60. The molecule has 92 valence electrons. The Kier molecular flexibility index (Phi) is 3.92. The fraction of sp³-hybridized carbons (Fsp3) is 0.0769. The lowest BCUT2D eigenvalue weighted by Gasteiger charge is -2.08. The van der Waals surface area contributed by atoms with Crippen LogP contribution in [0.25, 0.3) is 0 Å².